The Labute approximate surface area is 84.7 Å². The first-order chi connectivity index (χ1) is 7.14. The molecule has 15 heavy (non-hydrogen) atoms. The molecule has 0 unspecified atom stereocenters. The first-order valence-corrected chi connectivity index (χ1v) is 4.45. The van der Waals surface area contributed by atoms with E-state index < -0.39 is 36.7 Å². The average molecular weight is 217 g/mol. The molecule has 5 atom stereocenters. The normalized spacial score (nSPS) is 48.7. The van der Waals surface area contributed by atoms with E-state index in [-0.39, 0.29) is 6.61 Å². The monoisotopic (exact) mass is 217 g/mol. The highest BCUT2D eigenvalue weighted by atomic mass is 16.7. The second-order valence-corrected chi connectivity index (χ2v) is 3.65. The zero-order valence-electron chi connectivity index (χ0n) is 7.72. The van der Waals surface area contributed by atoms with Crippen molar-refractivity contribution in [1.82, 2.24) is 0 Å². The summed E-state index contributed by atoms with van der Waals surface area (Å²) >= 11 is 0. The van der Waals surface area contributed by atoms with Gasteiger partial charge in [-0.2, -0.15) is 0 Å². The zero-order chi connectivity index (χ0) is 11.1. The Hall–Kier alpha value is -0.890. The molecule has 8 nitrogen and oxygen atoms in total. The standard InChI is InChI=1S/C7H11N3O5/c8-10-9-3-4(12)5(13)7(1-11)2-14-6(3)15-7/h3-6,11-13H,1-2H2/t3-,4+,5+,6-,7-/m0/s1. The SMILES string of the molecule is [N-]=[N+]=N[C@@H]1[C@H]2OC[C@](CO)(O2)[C@H](O)[C@@H]1O. The van der Waals surface area contributed by atoms with Gasteiger partial charge in [0.25, 0.3) is 0 Å². The molecule has 8 heteroatoms. The Bertz CT molecular complexity index is 307. The zero-order valence-corrected chi connectivity index (χ0v) is 7.72. The lowest BCUT2D eigenvalue weighted by Crippen LogP contribution is -2.61. The molecule has 2 fully saturated rings. The maximum atomic E-state index is 9.71. The van der Waals surface area contributed by atoms with Crippen LogP contribution in [0.2, 0.25) is 0 Å². The summed E-state index contributed by atoms with van der Waals surface area (Å²) in [6, 6.07) is -0.993. The predicted molar refractivity (Wildman–Crippen MR) is 45.6 cm³/mol. The summed E-state index contributed by atoms with van der Waals surface area (Å²) in [5, 5.41) is 31.8. The Morgan fingerprint density at radius 1 is 1.53 bits per heavy atom. The quantitative estimate of drug-likeness (QED) is 0.295. The van der Waals surface area contributed by atoms with E-state index in [9.17, 15) is 10.2 Å². The molecule has 3 N–H and O–H groups in total. The van der Waals surface area contributed by atoms with Crippen LogP contribution >= 0.6 is 0 Å². The number of hydrogen-bond donors (Lipinski definition) is 3. The van der Waals surface area contributed by atoms with E-state index in [0.29, 0.717) is 0 Å². The maximum Gasteiger partial charge on any atom is 0.169 e. The number of aliphatic hydroxyl groups is 3. The minimum atomic E-state index is -1.34. The number of nitrogens with zero attached hydrogens (tertiary/aromatic N) is 3. The van der Waals surface area contributed by atoms with Gasteiger partial charge in [0.15, 0.2) is 6.29 Å². The lowest BCUT2D eigenvalue weighted by Gasteiger charge is -2.40. The molecule has 0 spiro atoms. The summed E-state index contributed by atoms with van der Waals surface area (Å²) in [5.41, 5.74) is 6.98. The molecule has 2 aliphatic rings. The number of ether oxygens (including phenoxy) is 2. The van der Waals surface area contributed by atoms with Crippen molar-refractivity contribution >= 4 is 0 Å². The van der Waals surface area contributed by atoms with Gasteiger partial charge in [0.1, 0.15) is 17.7 Å². The molecule has 0 radical (unpaired) electrons. The fourth-order valence-electron chi connectivity index (χ4n) is 1.86. The predicted octanol–water partition coefficient (Wildman–Crippen LogP) is -1.50. The second-order valence-electron chi connectivity index (χ2n) is 3.65. The highest BCUT2D eigenvalue weighted by Crippen LogP contribution is 2.37. The van der Waals surface area contributed by atoms with E-state index in [4.69, 9.17) is 20.1 Å². The van der Waals surface area contributed by atoms with Crippen LogP contribution in [0.3, 0.4) is 0 Å². The van der Waals surface area contributed by atoms with Crippen LogP contribution in [0.5, 0.6) is 0 Å². The topological polar surface area (TPSA) is 128 Å². The van der Waals surface area contributed by atoms with Gasteiger partial charge in [0.2, 0.25) is 0 Å². The Kier molecular flexibility index (Phi) is 2.55. The van der Waals surface area contributed by atoms with Crippen molar-refractivity contribution in [3.63, 3.8) is 0 Å². The van der Waals surface area contributed by atoms with Gasteiger partial charge in [0, 0.05) is 4.91 Å². The van der Waals surface area contributed by atoms with Gasteiger partial charge < -0.3 is 24.8 Å². The van der Waals surface area contributed by atoms with E-state index >= 15 is 0 Å². The molecule has 2 heterocycles. The third kappa shape index (κ3) is 1.39. The lowest BCUT2D eigenvalue weighted by atomic mass is 9.89. The van der Waals surface area contributed by atoms with Gasteiger partial charge in [-0.05, 0) is 5.53 Å². The molecule has 2 aliphatic heterocycles. The first-order valence-electron chi connectivity index (χ1n) is 4.45. The Morgan fingerprint density at radius 3 is 2.87 bits per heavy atom. The van der Waals surface area contributed by atoms with Gasteiger partial charge >= 0.3 is 0 Å². The van der Waals surface area contributed by atoms with Crippen molar-refractivity contribution < 1.29 is 24.8 Å². The van der Waals surface area contributed by atoms with Gasteiger partial charge in [0.05, 0.1) is 19.3 Å². The maximum absolute atomic E-state index is 9.71. The fraction of sp³-hybridized carbons (Fsp3) is 1.00. The van der Waals surface area contributed by atoms with E-state index in [1.54, 1.807) is 0 Å². The van der Waals surface area contributed by atoms with Crippen LogP contribution in [-0.2, 0) is 9.47 Å². The molecular formula is C7H11N3O5. The molecule has 84 valence electrons. The summed E-state index contributed by atoms with van der Waals surface area (Å²) in [7, 11) is 0. The van der Waals surface area contributed by atoms with Crippen molar-refractivity contribution in [3.8, 4) is 0 Å². The highest BCUT2D eigenvalue weighted by Gasteiger charge is 2.58. The highest BCUT2D eigenvalue weighted by molar-refractivity contribution is 5.05. The molecule has 0 aliphatic carbocycles. The van der Waals surface area contributed by atoms with Crippen LogP contribution in [0.15, 0.2) is 5.11 Å². The van der Waals surface area contributed by atoms with Crippen molar-refractivity contribution in [2.24, 2.45) is 5.11 Å². The Balaban J connectivity index is 2.28. The smallest absolute Gasteiger partial charge is 0.169 e. The van der Waals surface area contributed by atoms with Crippen LogP contribution in [0.25, 0.3) is 10.4 Å². The van der Waals surface area contributed by atoms with Crippen molar-refractivity contribution in [2.75, 3.05) is 13.2 Å². The molecule has 0 saturated carbocycles. The van der Waals surface area contributed by atoms with E-state index in [0.717, 1.165) is 0 Å². The van der Waals surface area contributed by atoms with Crippen LogP contribution in [0.4, 0.5) is 0 Å². The first kappa shape index (κ1) is 10.6. The molecule has 2 rings (SSSR count). The third-order valence-corrected chi connectivity index (χ3v) is 2.79. The van der Waals surface area contributed by atoms with Crippen LogP contribution < -0.4 is 0 Å². The van der Waals surface area contributed by atoms with Crippen LogP contribution in [0, 0.1) is 0 Å². The van der Waals surface area contributed by atoms with Gasteiger partial charge in [-0.1, -0.05) is 5.11 Å². The number of azide groups is 1. The molecule has 0 aromatic rings. The summed E-state index contributed by atoms with van der Waals surface area (Å²) in [4.78, 5) is 2.54. The van der Waals surface area contributed by atoms with Gasteiger partial charge in [-0.3, -0.25) is 0 Å². The molecule has 2 bridgehead atoms. The van der Waals surface area contributed by atoms with E-state index in [2.05, 4.69) is 10.0 Å². The summed E-state index contributed by atoms with van der Waals surface area (Å²) in [5.74, 6) is 0. The molecular weight excluding hydrogens is 206 g/mol. The van der Waals surface area contributed by atoms with Crippen LogP contribution in [0.1, 0.15) is 0 Å². The van der Waals surface area contributed by atoms with E-state index in [1.165, 1.54) is 0 Å². The molecule has 0 aromatic carbocycles. The Morgan fingerprint density at radius 2 is 2.27 bits per heavy atom. The number of rotatable bonds is 2. The summed E-state index contributed by atoms with van der Waals surface area (Å²) in [6.45, 7) is -0.505. The number of aliphatic hydroxyl groups excluding tert-OH is 3. The molecule has 0 amide bonds. The molecule has 2 saturated heterocycles. The van der Waals surface area contributed by atoms with Crippen molar-refractivity contribution in [2.45, 2.75) is 30.1 Å². The number of fused-ring (bicyclic) bond motifs is 2. The average Bonchev–Trinajstić information content (AvgIpc) is 2.65. The molecule has 0 aromatic heterocycles. The summed E-state index contributed by atoms with van der Waals surface area (Å²) < 4.78 is 10.3. The van der Waals surface area contributed by atoms with E-state index in [1.807, 2.05) is 0 Å². The van der Waals surface area contributed by atoms with Crippen LogP contribution in [-0.4, -0.2) is 58.7 Å². The minimum absolute atomic E-state index is 0.0379. The van der Waals surface area contributed by atoms with Crippen molar-refractivity contribution in [1.29, 1.82) is 0 Å². The van der Waals surface area contributed by atoms with Gasteiger partial charge in [-0.15, -0.1) is 0 Å². The minimum Gasteiger partial charge on any atom is -0.393 e. The second kappa shape index (κ2) is 3.60. The van der Waals surface area contributed by atoms with Crippen molar-refractivity contribution in [3.05, 3.63) is 10.4 Å². The largest absolute Gasteiger partial charge is 0.393 e. The summed E-state index contributed by atoms with van der Waals surface area (Å²) in [6.07, 6.45) is -3.54. The lowest BCUT2D eigenvalue weighted by molar-refractivity contribution is -0.228. The van der Waals surface area contributed by atoms with Gasteiger partial charge in [-0.25, -0.2) is 0 Å². The number of hydrogen-bond acceptors (Lipinski definition) is 6. The third-order valence-electron chi connectivity index (χ3n) is 2.79. The fourth-order valence-corrected chi connectivity index (χ4v) is 1.86.